The van der Waals surface area contributed by atoms with Crippen LogP contribution < -0.4 is 4.74 Å². The van der Waals surface area contributed by atoms with Crippen LogP contribution in [0.2, 0.25) is 0 Å². The van der Waals surface area contributed by atoms with Gasteiger partial charge in [-0.2, -0.15) is 5.10 Å². The van der Waals surface area contributed by atoms with Crippen molar-refractivity contribution in [3.05, 3.63) is 65.5 Å². The van der Waals surface area contributed by atoms with Crippen molar-refractivity contribution < 1.29 is 23.0 Å². The number of rotatable bonds is 4. The summed E-state index contributed by atoms with van der Waals surface area (Å²) in [5.41, 5.74) is 3.80. The van der Waals surface area contributed by atoms with Crippen LogP contribution in [0.15, 0.2) is 48.5 Å². The van der Waals surface area contributed by atoms with Gasteiger partial charge in [0.1, 0.15) is 5.75 Å². The standard InChI is InChI=1S/C19H17F3N2O2.C2H6/c1-12-7-14(17-5-3-4-6-18(17)26-19(20,21)22)10-16(8-12)24-13(2)9-15(11-25)23-24;1-2/h3-10,25H,11H2,1-2H3;1-2H3. The largest absolute Gasteiger partial charge is 0.573 e. The molecule has 28 heavy (non-hydrogen) atoms. The lowest BCUT2D eigenvalue weighted by Crippen LogP contribution is -2.17. The van der Waals surface area contributed by atoms with Crippen molar-refractivity contribution in [3.63, 3.8) is 0 Å². The van der Waals surface area contributed by atoms with Gasteiger partial charge in [-0.3, -0.25) is 0 Å². The maximum absolute atomic E-state index is 12.7. The van der Waals surface area contributed by atoms with E-state index in [1.165, 1.54) is 12.1 Å². The van der Waals surface area contributed by atoms with E-state index in [0.29, 0.717) is 22.5 Å². The van der Waals surface area contributed by atoms with Crippen LogP contribution in [0.1, 0.15) is 30.8 Å². The smallest absolute Gasteiger partial charge is 0.405 e. The molecule has 0 radical (unpaired) electrons. The quantitative estimate of drug-likeness (QED) is 0.631. The highest BCUT2D eigenvalue weighted by molar-refractivity contribution is 5.73. The van der Waals surface area contributed by atoms with Crippen LogP contribution in [0.3, 0.4) is 0 Å². The minimum atomic E-state index is -4.77. The van der Waals surface area contributed by atoms with E-state index < -0.39 is 6.36 Å². The Balaban J connectivity index is 0.00000136. The molecule has 2 aromatic carbocycles. The van der Waals surface area contributed by atoms with E-state index in [1.807, 2.05) is 33.8 Å². The van der Waals surface area contributed by atoms with E-state index >= 15 is 0 Å². The summed E-state index contributed by atoms with van der Waals surface area (Å²) >= 11 is 0. The molecule has 150 valence electrons. The second-order valence-electron chi connectivity index (χ2n) is 5.95. The van der Waals surface area contributed by atoms with Gasteiger partial charge < -0.3 is 9.84 Å². The number of halogens is 3. The average Bonchev–Trinajstić information content (AvgIpc) is 3.03. The second-order valence-corrected chi connectivity index (χ2v) is 5.95. The number of ether oxygens (including phenoxy) is 1. The minimum Gasteiger partial charge on any atom is -0.405 e. The zero-order valence-corrected chi connectivity index (χ0v) is 16.2. The fraction of sp³-hybridized carbons (Fsp3) is 0.286. The molecule has 3 aromatic rings. The Bertz CT molecular complexity index is 934. The number of hydrogen-bond donors (Lipinski definition) is 1. The van der Waals surface area contributed by atoms with Crippen molar-refractivity contribution in [2.75, 3.05) is 0 Å². The molecule has 7 heteroatoms. The van der Waals surface area contributed by atoms with Crippen molar-refractivity contribution >= 4 is 0 Å². The molecule has 4 nitrogen and oxygen atoms in total. The first-order valence-corrected chi connectivity index (χ1v) is 8.90. The SMILES string of the molecule is CC.Cc1cc(-c2ccccc2OC(F)(F)F)cc(-n2nc(CO)cc2C)c1. The minimum absolute atomic E-state index is 0.186. The van der Waals surface area contributed by atoms with Gasteiger partial charge in [0.15, 0.2) is 0 Å². The maximum atomic E-state index is 12.7. The van der Waals surface area contributed by atoms with Gasteiger partial charge in [-0.15, -0.1) is 13.2 Å². The van der Waals surface area contributed by atoms with Crippen molar-refractivity contribution in [3.8, 4) is 22.6 Å². The average molecular weight is 392 g/mol. The molecule has 0 spiro atoms. The summed E-state index contributed by atoms with van der Waals surface area (Å²) in [4.78, 5) is 0. The first-order chi connectivity index (χ1) is 13.3. The topological polar surface area (TPSA) is 47.3 Å². The molecule has 0 atom stereocenters. The highest BCUT2D eigenvalue weighted by Gasteiger charge is 2.32. The number of aliphatic hydroxyl groups is 1. The van der Waals surface area contributed by atoms with Gasteiger partial charge in [0.05, 0.1) is 18.0 Å². The third kappa shape index (κ3) is 5.13. The van der Waals surface area contributed by atoms with Crippen molar-refractivity contribution in [1.29, 1.82) is 0 Å². The van der Waals surface area contributed by atoms with Gasteiger partial charge in [-0.05, 0) is 49.2 Å². The molecule has 1 heterocycles. The van der Waals surface area contributed by atoms with Crippen molar-refractivity contribution in [2.24, 2.45) is 0 Å². The van der Waals surface area contributed by atoms with Gasteiger partial charge in [0.25, 0.3) is 0 Å². The third-order valence-electron chi connectivity index (χ3n) is 3.83. The summed E-state index contributed by atoms with van der Waals surface area (Å²) in [6, 6.07) is 13.2. The predicted octanol–water partition coefficient (Wildman–Crippen LogP) is 5.57. The van der Waals surface area contributed by atoms with Crippen molar-refractivity contribution in [1.82, 2.24) is 9.78 Å². The van der Waals surface area contributed by atoms with Gasteiger partial charge in [-0.1, -0.05) is 38.1 Å². The molecule has 0 aliphatic rings. The van der Waals surface area contributed by atoms with Crippen LogP contribution in [0.5, 0.6) is 5.75 Å². The first-order valence-electron chi connectivity index (χ1n) is 8.90. The van der Waals surface area contributed by atoms with Gasteiger partial charge in [0.2, 0.25) is 0 Å². The third-order valence-corrected chi connectivity index (χ3v) is 3.83. The fourth-order valence-corrected chi connectivity index (χ4v) is 2.84. The summed E-state index contributed by atoms with van der Waals surface area (Å²) in [5.74, 6) is -0.259. The first kappa shape index (κ1) is 21.5. The molecule has 0 aliphatic heterocycles. The molecule has 0 bridgehead atoms. The van der Waals surface area contributed by atoms with E-state index in [4.69, 9.17) is 0 Å². The monoisotopic (exact) mass is 392 g/mol. The van der Waals surface area contributed by atoms with E-state index in [9.17, 15) is 18.3 Å². The van der Waals surface area contributed by atoms with Crippen LogP contribution in [0.25, 0.3) is 16.8 Å². The Hall–Kier alpha value is -2.80. The number of nitrogens with zero attached hydrogens (tertiary/aromatic N) is 2. The molecular formula is C21H23F3N2O2. The van der Waals surface area contributed by atoms with Crippen LogP contribution in [-0.4, -0.2) is 21.2 Å². The van der Waals surface area contributed by atoms with E-state index in [0.717, 1.165) is 11.3 Å². The molecule has 3 rings (SSSR count). The highest BCUT2D eigenvalue weighted by atomic mass is 19.4. The normalized spacial score (nSPS) is 11.0. The van der Waals surface area contributed by atoms with Crippen LogP contribution >= 0.6 is 0 Å². The Labute approximate surface area is 162 Å². The van der Waals surface area contributed by atoms with Gasteiger partial charge in [-0.25, -0.2) is 4.68 Å². The molecule has 0 saturated heterocycles. The number of aromatic nitrogens is 2. The molecule has 1 N–H and O–H groups in total. The summed E-state index contributed by atoms with van der Waals surface area (Å²) in [6.45, 7) is 7.51. The highest BCUT2D eigenvalue weighted by Crippen LogP contribution is 2.35. The van der Waals surface area contributed by atoms with E-state index in [-0.39, 0.29) is 12.4 Å². The molecule has 0 unspecified atom stereocenters. The summed E-state index contributed by atoms with van der Waals surface area (Å²) < 4.78 is 43.9. The fourth-order valence-electron chi connectivity index (χ4n) is 2.84. The van der Waals surface area contributed by atoms with Crippen molar-refractivity contribution in [2.45, 2.75) is 40.7 Å². The molecule has 1 aromatic heterocycles. The lowest BCUT2D eigenvalue weighted by molar-refractivity contribution is -0.274. The lowest BCUT2D eigenvalue weighted by atomic mass is 10.0. The zero-order chi connectivity index (χ0) is 20.9. The lowest BCUT2D eigenvalue weighted by Gasteiger charge is -2.15. The predicted molar refractivity (Wildman–Crippen MR) is 102 cm³/mol. The molecule has 0 aliphatic carbocycles. The number of alkyl halides is 3. The summed E-state index contributed by atoms with van der Waals surface area (Å²) in [6.07, 6.45) is -4.77. The molecule has 0 fully saturated rings. The molecular weight excluding hydrogens is 369 g/mol. The Morgan fingerprint density at radius 2 is 1.71 bits per heavy atom. The van der Waals surface area contributed by atoms with E-state index in [2.05, 4.69) is 9.84 Å². The number of para-hydroxylation sites is 1. The number of hydrogen-bond acceptors (Lipinski definition) is 3. The van der Waals surface area contributed by atoms with E-state index in [1.54, 1.807) is 35.0 Å². The second kappa shape index (κ2) is 8.93. The van der Waals surface area contributed by atoms with Crippen LogP contribution in [0.4, 0.5) is 13.2 Å². The summed E-state index contributed by atoms with van der Waals surface area (Å²) in [7, 11) is 0. The van der Waals surface area contributed by atoms with Gasteiger partial charge in [0, 0.05) is 11.3 Å². The van der Waals surface area contributed by atoms with Crippen LogP contribution in [-0.2, 0) is 6.61 Å². The molecule has 0 amide bonds. The Morgan fingerprint density at radius 3 is 2.32 bits per heavy atom. The van der Waals surface area contributed by atoms with Crippen LogP contribution in [0, 0.1) is 13.8 Å². The number of aliphatic hydroxyl groups excluding tert-OH is 1. The number of aryl methyl sites for hydroxylation is 2. The Kier molecular flexibility index (Phi) is 6.85. The maximum Gasteiger partial charge on any atom is 0.573 e. The molecule has 0 saturated carbocycles. The number of benzene rings is 2. The zero-order valence-electron chi connectivity index (χ0n) is 16.2. The Morgan fingerprint density at radius 1 is 1.04 bits per heavy atom. The summed E-state index contributed by atoms with van der Waals surface area (Å²) in [5, 5.41) is 13.6. The van der Waals surface area contributed by atoms with Gasteiger partial charge >= 0.3 is 6.36 Å².